The maximum Gasteiger partial charge on any atom is 0.335 e. The Morgan fingerprint density at radius 3 is 2.57 bits per heavy atom. The molecule has 0 spiro atoms. The highest BCUT2D eigenvalue weighted by atomic mass is 35.5. The van der Waals surface area contributed by atoms with E-state index >= 15 is 0 Å². The molecule has 0 fully saturated rings. The normalized spacial score (nSPS) is 13.0. The zero-order valence-corrected chi connectivity index (χ0v) is 14.1. The summed E-state index contributed by atoms with van der Waals surface area (Å²) in [4.78, 5) is 23.6. The molecule has 2 unspecified atom stereocenters. The first-order valence-corrected chi connectivity index (χ1v) is 7.79. The van der Waals surface area contributed by atoms with Crippen LogP contribution in [0.25, 0.3) is 0 Å². The zero-order chi connectivity index (χ0) is 17.2. The second-order valence-corrected chi connectivity index (χ2v) is 5.39. The molecular weight excluding hydrogens is 318 g/mol. The first kappa shape index (κ1) is 19.2. The summed E-state index contributed by atoms with van der Waals surface area (Å²) in [7, 11) is 0. The third kappa shape index (κ3) is 6.84. The SMILES string of the molecule is C=CCOC(C)C(=O)OCC(=O)NC(CC)c1ccc(Cl)cc1. The van der Waals surface area contributed by atoms with Gasteiger partial charge in [-0.15, -0.1) is 6.58 Å². The van der Waals surface area contributed by atoms with Crippen molar-refractivity contribution in [2.75, 3.05) is 13.2 Å². The Hall–Kier alpha value is -1.85. The number of esters is 1. The third-order valence-corrected chi connectivity index (χ3v) is 3.41. The van der Waals surface area contributed by atoms with Crippen LogP contribution in [0.3, 0.4) is 0 Å². The van der Waals surface area contributed by atoms with Gasteiger partial charge >= 0.3 is 5.97 Å². The summed E-state index contributed by atoms with van der Waals surface area (Å²) < 4.78 is 10.1. The maximum absolute atomic E-state index is 11.9. The third-order valence-electron chi connectivity index (χ3n) is 3.16. The summed E-state index contributed by atoms with van der Waals surface area (Å²) in [6, 6.07) is 7.09. The van der Waals surface area contributed by atoms with Crippen molar-refractivity contribution in [2.24, 2.45) is 0 Å². The van der Waals surface area contributed by atoms with Gasteiger partial charge in [-0.25, -0.2) is 4.79 Å². The highest BCUT2D eigenvalue weighted by Gasteiger charge is 2.18. The Morgan fingerprint density at radius 2 is 2.00 bits per heavy atom. The van der Waals surface area contributed by atoms with Crippen molar-refractivity contribution in [3.63, 3.8) is 0 Å². The standard InChI is InChI=1S/C17H22ClNO4/c1-4-10-22-12(3)17(21)23-11-16(20)19-15(5-2)13-6-8-14(18)9-7-13/h4,6-9,12,15H,1,5,10-11H2,2-3H3,(H,19,20). The highest BCUT2D eigenvalue weighted by molar-refractivity contribution is 6.30. The molecule has 0 saturated heterocycles. The second-order valence-electron chi connectivity index (χ2n) is 4.95. The van der Waals surface area contributed by atoms with E-state index in [-0.39, 0.29) is 25.2 Å². The summed E-state index contributed by atoms with van der Waals surface area (Å²) in [5, 5.41) is 3.46. The molecule has 5 nitrogen and oxygen atoms in total. The molecular formula is C17H22ClNO4. The van der Waals surface area contributed by atoms with Gasteiger partial charge in [0.05, 0.1) is 12.6 Å². The quantitative estimate of drug-likeness (QED) is 0.555. The molecule has 1 amide bonds. The van der Waals surface area contributed by atoms with Crippen LogP contribution in [-0.2, 0) is 19.1 Å². The summed E-state index contributed by atoms with van der Waals surface area (Å²) in [5.74, 6) is -0.947. The average Bonchev–Trinajstić information content (AvgIpc) is 2.56. The number of hydrogen-bond donors (Lipinski definition) is 1. The number of ether oxygens (including phenoxy) is 2. The number of carbonyl (C=O) groups is 2. The van der Waals surface area contributed by atoms with Crippen molar-refractivity contribution in [1.82, 2.24) is 5.32 Å². The lowest BCUT2D eigenvalue weighted by Crippen LogP contribution is -2.34. The number of halogens is 1. The molecule has 0 radical (unpaired) electrons. The van der Waals surface area contributed by atoms with Gasteiger partial charge in [0.25, 0.3) is 5.91 Å². The van der Waals surface area contributed by atoms with Gasteiger partial charge in [-0.2, -0.15) is 0 Å². The minimum atomic E-state index is -0.737. The molecule has 0 aromatic heterocycles. The van der Waals surface area contributed by atoms with E-state index in [1.807, 2.05) is 19.1 Å². The summed E-state index contributed by atoms with van der Waals surface area (Å²) in [6.45, 7) is 6.91. The second kappa shape index (κ2) is 10.0. The molecule has 1 N–H and O–H groups in total. The van der Waals surface area contributed by atoms with Crippen molar-refractivity contribution in [2.45, 2.75) is 32.4 Å². The number of carbonyl (C=O) groups excluding carboxylic acids is 2. The number of amides is 1. The molecule has 1 rings (SSSR count). The molecule has 2 atom stereocenters. The van der Waals surface area contributed by atoms with E-state index in [4.69, 9.17) is 21.1 Å². The Balaban J connectivity index is 2.46. The average molecular weight is 340 g/mol. The van der Waals surface area contributed by atoms with E-state index in [1.165, 1.54) is 6.08 Å². The van der Waals surface area contributed by atoms with Gasteiger partial charge in [-0.05, 0) is 31.0 Å². The van der Waals surface area contributed by atoms with Crippen LogP contribution in [0.5, 0.6) is 0 Å². The fourth-order valence-corrected chi connectivity index (χ4v) is 2.01. The van der Waals surface area contributed by atoms with E-state index in [2.05, 4.69) is 11.9 Å². The first-order valence-electron chi connectivity index (χ1n) is 7.41. The van der Waals surface area contributed by atoms with Gasteiger partial charge in [0.15, 0.2) is 12.7 Å². The van der Waals surface area contributed by atoms with Crippen LogP contribution in [0.1, 0.15) is 31.9 Å². The summed E-state index contributed by atoms with van der Waals surface area (Å²) >= 11 is 5.85. The lowest BCUT2D eigenvalue weighted by molar-refractivity contribution is -0.158. The van der Waals surface area contributed by atoms with Gasteiger partial charge in [0.1, 0.15) is 0 Å². The lowest BCUT2D eigenvalue weighted by atomic mass is 10.0. The molecule has 1 aromatic carbocycles. The first-order chi connectivity index (χ1) is 11.0. The molecule has 0 heterocycles. The smallest absolute Gasteiger partial charge is 0.335 e. The van der Waals surface area contributed by atoms with E-state index < -0.39 is 12.1 Å². The number of rotatable bonds is 9. The van der Waals surface area contributed by atoms with Crippen LogP contribution >= 0.6 is 11.6 Å². The fraction of sp³-hybridized carbons (Fsp3) is 0.412. The Morgan fingerprint density at radius 1 is 1.35 bits per heavy atom. The van der Waals surface area contributed by atoms with Crippen LogP contribution < -0.4 is 5.32 Å². The minimum Gasteiger partial charge on any atom is -0.454 e. The van der Waals surface area contributed by atoms with Crippen LogP contribution in [0, 0.1) is 0 Å². The predicted molar refractivity (Wildman–Crippen MR) is 89.2 cm³/mol. The lowest BCUT2D eigenvalue weighted by Gasteiger charge is -2.18. The monoisotopic (exact) mass is 339 g/mol. The molecule has 0 aliphatic heterocycles. The molecule has 126 valence electrons. The van der Waals surface area contributed by atoms with E-state index in [9.17, 15) is 9.59 Å². The van der Waals surface area contributed by atoms with Gasteiger partial charge < -0.3 is 14.8 Å². The Labute approximate surface area is 141 Å². The number of benzene rings is 1. The Bertz CT molecular complexity index is 530. The van der Waals surface area contributed by atoms with Crippen molar-refractivity contribution in [3.05, 3.63) is 47.5 Å². The minimum absolute atomic E-state index is 0.159. The van der Waals surface area contributed by atoms with Crippen molar-refractivity contribution >= 4 is 23.5 Å². The number of nitrogens with one attached hydrogen (secondary N) is 1. The van der Waals surface area contributed by atoms with Gasteiger partial charge in [-0.3, -0.25) is 4.79 Å². The molecule has 0 saturated carbocycles. The molecule has 0 bridgehead atoms. The molecule has 23 heavy (non-hydrogen) atoms. The summed E-state index contributed by atoms with van der Waals surface area (Å²) in [6.07, 6.45) is 1.51. The predicted octanol–water partition coefficient (Wildman–Crippen LogP) is 3.04. The molecule has 0 aliphatic carbocycles. The van der Waals surface area contributed by atoms with E-state index in [1.54, 1.807) is 19.1 Å². The van der Waals surface area contributed by atoms with Crippen LogP contribution in [0.15, 0.2) is 36.9 Å². The van der Waals surface area contributed by atoms with Crippen molar-refractivity contribution < 1.29 is 19.1 Å². The summed E-state index contributed by atoms with van der Waals surface area (Å²) in [5.41, 5.74) is 0.944. The van der Waals surface area contributed by atoms with Crippen LogP contribution in [0.4, 0.5) is 0 Å². The van der Waals surface area contributed by atoms with Crippen molar-refractivity contribution in [3.8, 4) is 0 Å². The largest absolute Gasteiger partial charge is 0.454 e. The number of hydrogen-bond acceptors (Lipinski definition) is 4. The fourth-order valence-electron chi connectivity index (χ4n) is 1.89. The van der Waals surface area contributed by atoms with Gasteiger partial charge in [0, 0.05) is 5.02 Å². The zero-order valence-electron chi connectivity index (χ0n) is 13.4. The van der Waals surface area contributed by atoms with Crippen LogP contribution in [-0.4, -0.2) is 31.2 Å². The van der Waals surface area contributed by atoms with Crippen LogP contribution in [0.2, 0.25) is 5.02 Å². The molecule has 1 aromatic rings. The van der Waals surface area contributed by atoms with Gasteiger partial charge in [0.2, 0.25) is 0 Å². The van der Waals surface area contributed by atoms with Crippen molar-refractivity contribution in [1.29, 1.82) is 0 Å². The molecule has 6 heteroatoms. The molecule has 0 aliphatic rings. The maximum atomic E-state index is 11.9. The topological polar surface area (TPSA) is 64.6 Å². The highest BCUT2D eigenvalue weighted by Crippen LogP contribution is 2.19. The Kier molecular flexibility index (Phi) is 8.37. The van der Waals surface area contributed by atoms with E-state index in [0.717, 1.165) is 5.56 Å². The van der Waals surface area contributed by atoms with E-state index in [0.29, 0.717) is 11.4 Å². The van der Waals surface area contributed by atoms with Gasteiger partial charge in [-0.1, -0.05) is 36.7 Å².